The summed E-state index contributed by atoms with van der Waals surface area (Å²) in [6.07, 6.45) is 0.626. The SMILES string of the molecule is COc1ccccc1CC(N)=NC(C)(C)C. The van der Waals surface area contributed by atoms with Crippen molar-refractivity contribution in [3.8, 4) is 5.75 Å². The molecule has 16 heavy (non-hydrogen) atoms. The largest absolute Gasteiger partial charge is 0.496 e. The second-order valence-electron chi connectivity index (χ2n) is 4.76. The van der Waals surface area contributed by atoms with Crippen molar-refractivity contribution < 1.29 is 4.74 Å². The highest BCUT2D eigenvalue weighted by atomic mass is 16.5. The molecule has 0 aliphatic carbocycles. The zero-order valence-corrected chi connectivity index (χ0v) is 10.4. The van der Waals surface area contributed by atoms with Gasteiger partial charge in [0.1, 0.15) is 5.75 Å². The molecule has 0 heterocycles. The van der Waals surface area contributed by atoms with E-state index in [1.54, 1.807) is 7.11 Å². The average Bonchev–Trinajstić information content (AvgIpc) is 2.15. The third-order valence-corrected chi connectivity index (χ3v) is 2.04. The quantitative estimate of drug-likeness (QED) is 0.628. The molecule has 1 aromatic rings. The number of ether oxygens (including phenoxy) is 1. The third kappa shape index (κ3) is 3.93. The summed E-state index contributed by atoms with van der Waals surface area (Å²) in [5.41, 5.74) is 6.84. The molecule has 0 aromatic heterocycles. The lowest BCUT2D eigenvalue weighted by Crippen LogP contribution is -2.22. The Morgan fingerprint density at radius 1 is 1.31 bits per heavy atom. The minimum atomic E-state index is -0.133. The molecular weight excluding hydrogens is 200 g/mol. The molecule has 0 aliphatic heterocycles. The highest BCUT2D eigenvalue weighted by Gasteiger charge is 2.09. The fraction of sp³-hybridized carbons (Fsp3) is 0.462. The van der Waals surface area contributed by atoms with Crippen molar-refractivity contribution in [2.24, 2.45) is 10.7 Å². The van der Waals surface area contributed by atoms with Crippen LogP contribution in [0.4, 0.5) is 0 Å². The average molecular weight is 220 g/mol. The van der Waals surface area contributed by atoms with Gasteiger partial charge in [-0.2, -0.15) is 0 Å². The molecule has 3 heteroatoms. The van der Waals surface area contributed by atoms with Gasteiger partial charge in [0, 0.05) is 12.0 Å². The van der Waals surface area contributed by atoms with Crippen LogP contribution in [0.15, 0.2) is 29.3 Å². The second-order valence-corrected chi connectivity index (χ2v) is 4.76. The highest BCUT2D eigenvalue weighted by molar-refractivity contribution is 5.83. The highest BCUT2D eigenvalue weighted by Crippen LogP contribution is 2.18. The summed E-state index contributed by atoms with van der Waals surface area (Å²) in [5, 5.41) is 0. The Kier molecular flexibility index (Phi) is 3.93. The van der Waals surface area contributed by atoms with Gasteiger partial charge in [-0.1, -0.05) is 18.2 Å². The van der Waals surface area contributed by atoms with Gasteiger partial charge in [0.25, 0.3) is 0 Å². The summed E-state index contributed by atoms with van der Waals surface area (Å²) in [4.78, 5) is 4.42. The molecule has 0 atom stereocenters. The topological polar surface area (TPSA) is 47.6 Å². The normalized spacial score (nSPS) is 12.6. The van der Waals surface area contributed by atoms with E-state index in [1.807, 2.05) is 45.0 Å². The van der Waals surface area contributed by atoms with Crippen LogP contribution in [0.2, 0.25) is 0 Å². The van der Waals surface area contributed by atoms with Crippen LogP contribution in [-0.4, -0.2) is 18.5 Å². The fourth-order valence-corrected chi connectivity index (χ4v) is 1.51. The molecule has 0 radical (unpaired) electrons. The molecule has 1 rings (SSSR count). The van der Waals surface area contributed by atoms with Crippen LogP contribution in [-0.2, 0) is 6.42 Å². The molecule has 0 bridgehead atoms. The fourth-order valence-electron chi connectivity index (χ4n) is 1.51. The number of para-hydroxylation sites is 1. The molecule has 0 aliphatic rings. The molecule has 88 valence electrons. The van der Waals surface area contributed by atoms with E-state index in [1.165, 1.54) is 0 Å². The number of rotatable bonds is 3. The van der Waals surface area contributed by atoms with Crippen molar-refractivity contribution in [3.63, 3.8) is 0 Å². The van der Waals surface area contributed by atoms with E-state index in [2.05, 4.69) is 4.99 Å². The van der Waals surface area contributed by atoms with Gasteiger partial charge in [-0.3, -0.25) is 4.99 Å². The van der Waals surface area contributed by atoms with Crippen molar-refractivity contribution in [3.05, 3.63) is 29.8 Å². The number of nitrogens with two attached hydrogens (primary N) is 1. The molecule has 0 unspecified atom stereocenters. The number of aliphatic imine (C=N–C) groups is 1. The minimum absolute atomic E-state index is 0.133. The number of amidine groups is 1. The summed E-state index contributed by atoms with van der Waals surface area (Å²) >= 11 is 0. The number of methoxy groups -OCH3 is 1. The first-order valence-electron chi connectivity index (χ1n) is 5.38. The predicted molar refractivity (Wildman–Crippen MR) is 68.1 cm³/mol. The minimum Gasteiger partial charge on any atom is -0.496 e. The van der Waals surface area contributed by atoms with Crippen molar-refractivity contribution in [1.29, 1.82) is 0 Å². The maximum Gasteiger partial charge on any atom is 0.122 e. The van der Waals surface area contributed by atoms with Gasteiger partial charge in [-0.15, -0.1) is 0 Å². The predicted octanol–water partition coefficient (Wildman–Crippen LogP) is 2.39. The Morgan fingerprint density at radius 3 is 2.50 bits per heavy atom. The van der Waals surface area contributed by atoms with Crippen molar-refractivity contribution in [2.75, 3.05) is 7.11 Å². The van der Waals surface area contributed by atoms with Gasteiger partial charge in [-0.25, -0.2) is 0 Å². The van der Waals surface area contributed by atoms with E-state index < -0.39 is 0 Å². The molecule has 0 saturated carbocycles. The molecule has 0 amide bonds. The molecule has 3 nitrogen and oxygen atoms in total. The van der Waals surface area contributed by atoms with Gasteiger partial charge in [0.15, 0.2) is 0 Å². The molecule has 0 saturated heterocycles. The van der Waals surface area contributed by atoms with Crippen LogP contribution in [0, 0.1) is 0 Å². The number of benzene rings is 1. The third-order valence-electron chi connectivity index (χ3n) is 2.04. The van der Waals surface area contributed by atoms with Gasteiger partial charge in [0.05, 0.1) is 18.5 Å². The standard InChI is InChI=1S/C13H20N2O/c1-13(2,3)15-12(14)9-10-7-5-6-8-11(10)16-4/h5-8H,9H2,1-4H3,(H2,14,15). The summed E-state index contributed by atoms with van der Waals surface area (Å²) in [7, 11) is 1.66. The molecule has 2 N–H and O–H groups in total. The van der Waals surface area contributed by atoms with Crippen LogP contribution < -0.4 is 10.5 Å². The lowest BCUT2D eigenvalue weighted by atomic mass is 10.1. The van der Waals surface area contributed by atoms with Crippen molar-refractivity contribution in [2.45, 2.75) is 32.7 Å². The lowest BCUT2D eigenvalue weighted by Gasteiger charge is -2.14. The van der Waals surface area contributed by atoms with E-state index in [0.717, 1.165) is 11.3 Å². The Labute approximate surface area is 97.3 Å². The van der Waals surface area contributed by atoms with Crippen LogP contribution >= 0.6 is 0 Å². The van der Waals surface area contributed by atoms with Crippen LogP contribution in [0.1, 0.15) is 26.3 Å². The number of hydrogen-bond acceptors (Lipinski definition) is 2. The van der Waals surface area contributed by atoms with Crippen molar-refractivity contribution in [1.82, 2.24) is 0 Å². The van der Waals surface area contributed by atoms with Crippen molar-refractivity contribution >= 4 is 5.84 Å². The van der Waals surface area contributed by atoms with E-state index in [9.17, 15) is 0 Å². The lowest BCUT2D eigenvalue weighted by molar-refractivity contribution is 0.411. The summed E-state index contributed by atoms with van der Waals surface area (Å²) in [6.45, 7) is 6.09. The van der Waals surface area contributed by atoms with E-state index in [4.69, 9.17) is 10.5 Å². The van der Waals surface area contributed by atoms with Gasteiger partial charge in [-0.05, 0) is 26.8 Å². The van der Waals surface area contributed by atoms with Crippen LogP contribution in [0.3, 0.4) is 0 Å². The zero-order chi connectivity index (χ0) is 12.2. The van der Waals surface area contributed by atoms with Gasteiger partial charge >= 0.3 is 0 Å². The smallest absolute Gasteiger partial charge is 0.122 e. The Balaban J connectivity index is 2.85. The van der Waals surface area contributed by atoms with Gasteiger partial charge < -0.3 is 10.5 Å². The maximum atomic E-state index is 5.91. The Bertz CT molecular complexity index is 378. The first-order chi connectivity index (χ1) is 7.42. The zero-order valence-electron chi connectivity index (χ0n) is 10.4. The summed E-state index contributed by atoms with van der Waals surface area (Å²) in [5.74, 6) is 1.49. The molecule has 0 fully saturated rings. The number of nitrogens with zero attached hydrogens (tertiary/aromatic N) is 1. The first kappa shape index (κ1) is 12.6. The summed E-state index contributed by atoms with van der Waals surface area (Å²) in [6, 6.07) is 7.85. The number of hydrogen-bond donors (Lipinski definition) is 1. The van der Waals surface area contributed by atoms with E-state index >= 15 is 0 Å². The van der Waals surface area contributed by atoms with Gasteiger partial charge in [0.2, 0.25) is 0 Å². The summed E-state index contributed by atoms with van der Waals surface area (Å²) < 4.78 is 5.27. The Morgan fingerprint density at radius 2 is 1.94 bits per heavy atom. The first-order valence-corrected chi connectivity index (χ1v) is 5.38. The van der Waals surface area contributed by atoms with Crippen LogP contribution in [0.5, 0.6) is 5.75 Å². The Hall–Kier alpha value is -1.51. The van der Waals surface area contributed by atoms with E-state index in [-0.39, 0.29) is 5.54 Å². The van der Waals surface area contributed by atoms with E-state index in [0.29, 0.717) is 12.3 Å². The maximum absolute atomic E-state index is 5.91. The molecule has 1 aromatic carbocycles. The molecule has 0 spiro atoms. The second kappa shape index (κ2) is 5.01. The monoisotopic (exact) mass is 220 g/mol. The van der Waals surface area contributed by atoms with Crippen LogP contribution in [0.25, 0.3) is 0 Å². The molecular formula is C13H20N2O.